The number of carbonyl (C=O) groups is 2. The lowest BCUT2D eigenvalue weighted by Gasteiger charge is -2.25. The van der Waals surface area contributed by atoms with Crippen molar-refractivity contribution in [3.05, 3.63) is 82.0 Å². The first-order valence-electron chi connectivity index (χ1n) is 9.51. The molecule has 3 aromatic rings. The molecule has 0 spiro atoms. The first kappa shape index (κ1) is 19.7. The third kappa shape index (κ3) is 4.23. The molecule has 1 N–H and O–H groups in total. The van der Waals surface area contributed by atoms with E-state index in [0.717, 1.165) is 16.9 Å². The molecule has 6 heteroatoms. The third-order valence-corrected chi connectivity index (χ3v) is 6.99. The minimum absolute atomic E-state index is 0.0607. The number of carbonyl (C=O) groups excluding carboxylic acids is 2. The molecule has 0 radical (unpaired) electrons. The van der Waals surface area contributed by atoms with E-state index in [4.69, 9.17) is 0 Å². The van der Waals surface area contributed by atoms with Gasteiger partial charge >= 0.3 is 0 Å². The number of benzene rings is 2. The predicted octanol–water partition coefficient (Wildman–Crippen LogP) is 5.90. The van der Waals surface area contributed by atoms with Gasteiger partial charge in [0.2, 0.25) is 5.91 Å². The van der Waals surface area contributed by atoms with Crippen molar-refractivity contribution < 1.29 is 9.59 Å². The minimum Gasteiger partial charge on any atom is -0.321 e. The van der Waals surface area contributed by atoms with Crippen LogP contribution in [0.1, 0.15) is 45.9 Å². The number of thiophene rings is 1. The topological polar surface area (TPSA) is 49.4 Å². The highest BCUT2D eigenvalue weighted by molar-refractivity contribution is 8.00. The van der Waals surface area contributed by atoms with E-state index in [-0.39, 0.29) is 17.2 Å². The lowest BCUT2D eigenvalue weighted by molar-refractivity contribution is -0.115. The lowest BCUT2D eigenvalue weighted by atomic mass is 10.0. The molecule has 2 aromatic carbocycles. The molecule has 2 heterocycles. The van der Waals surface area contributed by atoms with Crippen molar-refractivity contribution in [1.29, 1.82) is 0 Å². The molecular weight excluding hydrogens is 400 g/mol. The van der Waals surface area contributed by atoms with Crippen LogP contribution in [0, 0.1) is 0 Å². The van der Waals surface area contributed by atoms with Gasteiger partial charge in [0.15, 0.2) is 0 Å². The second-order valence-electron chi connectivity index (χ2n) is 7.23. The van der Waals surface area contributed by atoms with Crippen LogP contribution in [-0.2, 0) is 4.79 Å². The van der Waals surface area contributed by atoms with Gasteiger partial charge in [-0.25, -0.2) is 0 Å². The van der Waals surface area contributed by atoms with Gasteiger partial charge in [-0.1, -0.05) is 44.2 Å². The van der Waals surface area contributed by atoms with Gasteiger partial charge in [-0.05, 0) is 52.8 Å². The van der Waals surface area contributed by atoms with Gasteiger partial charge in [0, 0.05) is 11.4 Å². The standard InChI is InChI=1S/C23H22N2O2S2/c1-15(2)16-7-11-19(12-8-16)25-21(26)14-29-23(25)17-5-9-18(10-6-17)24-22(27)20-4-3-13-28-20/h3-13,15,23H,14H2,1-2H3,(H,24,27)/t23-/m0/s1. The zero-order chi connectivity index (χ0) is 20.4. The van der Waals surface area contributed by atoms with Crippen molar-refractivity contribution in [2.24, 2.45) is 0 Å². The zero-order valence-electron chi connectivity index (χ0n) is 16.3. The first-order chi connectivity index (χ1) is 14.0. The SMILES string of the molecule is CC(C)c1ccc(N2C(=O)CS[C@H]2c2ccc(NC(=O)c3cccs3)cc2)cc1. The Bertz CT molecular complexity index is 996. The molecular formula is C23H22N2O2S2. The van der Waals surface area contributed by atoms with Crippen LogP contribution in [-0.4, -0.2) is 17.6 Å². The smallest absolute Gasteiger partial charge is 0.265 e. The maximum Gasteiger partial charge on any atom is 0.265 e. The van der Waals surface area contributed by atoms with Gasteiger partial charge in [-0.2, -0.15) is 0 Å². The maximum atomic E-state index is 12.6. The van der Waals surface area contributed by atoms with E-state index < -0.39 is 0 Å². The van der Waals surface area contributed by atoms with Gasteiger partial charge < -0.3 is 5.32 Å². The van der Waals surface area contributed by atoms with Gasteiger partial charge in [0.25, 0.3) is 5.91 Å². The van der Waals surface area contributed by atoms with Crippen molar-refractivity contribution in [2.45, 2.75) is 25.1 Å². The van der Waals surface area contributed by atoms with Crippen LogP contribution < -0.4 is 10.2 Å². The first-order valence-corrected chi connectivity index (χ1v) is 11.4. The number of amides is 2. The number of hydrogen-bond acceptors (Lipinski definition) is 4. The van der Waals surface area contributed by atoms with Crippen molar-refractivity contribution in [1.82, 2.24) is 0 Å². The average molecular weight is 423 g/mol. The summed E-state index contributed by atoms with van der Waals surface area (Å²) in [6.45, 7) is 4.32. The number of anilines is 2. The molecule has 0 bridgehead atoms. The summed E-state index contributed by atoms with van der Waals surface area (Å²) in [6.07, 6.45) is 0. The van der Waals surface area contributed by atoms with Gasteiger partial charge in [-0.15, -0.1) is 23.1 Å². The van der Waals surface area contributed by atoms with Crippen LogP contribution in [0.3, 0.4) is 0 Å². The van der Waals surface area contributed by atoms with E-state index in [0.29, 0.717) is 16.5 Å². The molecule has 29 heavy (non-hydrogen) atoms. The molecule has 148 valence electrons. The number of thioether (sulfide) groups is 1. The van der Waals surface area contributed by atoms with E-state index in [1.54, 1.807) is 17.8 Å². The molecule has 1 aromatic heterocycles. The highest BCUT2D eigenvalue weighted by Crippen LogP contribution is 2.42. The van der Waals surface area contributed by atoms with E-state index >= 15 is 0 Å². The molecule has 2 amide bonds. The van der Waals surface area contributed by atoms with Gasteiger partial charge in [-0.3, -0.25) is 14.5 Å². The fourth-order valence-electron chi connectivity index (χ4n) is 3.30. The summed E-state index contributed by atoms with van der Waals surface area (Å²) in [5, 5.41) is 4.74. The van der Waals surface area contributed by atoms with E-state index in [2.05, 4.69) is 31.3 Å². The summed E-state index contributed by atoms with van der Waals surface area (Å²) in [5.41, 5.74) is 3.97. The number of rotatable bonds is 5. The van der Waals surface area contributed by atoms with Crippen molar-refractivity contribution in [2.75, 3.05) is 16.0 Å². The van der Waals surface area contributed by atoms with E-state index in [1.165, 1.54) is 16.9 Å². The molecule has 0 saturated carbocycles. The molecule has 1 aliphatic heterocycles. The Hall–Kier alpha value is -2.57. The number of nitrogens with zero attached hydrogens (tertiary/aromatic N) is 1. The van der Waals surface area contributed by atoms with Crippen molar-refractivity contribution in [3.63, 3.8) is 0 Å². The van der Waals surface area contributed by atoms with Crippen LogP contribution in [0.4, 0.5) is 11.4 Å². The average Bonchev–Trinajstić information content (AvgIpc) is 3.39. The number of hydrogen-bond donors (Lipinski definition) is 1. The quantitative estimate of drug-likeness (QED) is 0.557. The van der Waals surface area contributed by atoms with Crippen LogP contribution in [0.25, 0.3) is 0 Å². The Balaban J connectivity index is 1.52. The molecule has 4 rings (SSSR count). The largest absolute Gasteiger partial charge is 0.321 e. The minimum atomic E-state index is -0.106. The Morgan fingerprint density at radius 3 is 2.41 bits per heavy atom. The Labute approximate surface area is 178 Å². The monoisotopic (exact) mass is 422 g/mol. The van der Waals surface area contributed by atoms with Gasteiger partial charge in [0.05, 0.1) is 10.6 Å². The molecule has 1 aliphatic rings. The second kappa shape index (κ2) is 8.43. The number of nitrogens with one attached hydrogen (secondary N) is 1. The molecule has 0 unspecified atom stereocenters. The Morgan fingerprint density at radius 2 is 1.79 bits per heavy atom. The van der Waals surface area contributed by atoms with Crippen LogP contribution >= 0.6 is 23.1 Å². The zero-order valence-corrected chi connectivity index (χ0v) is 17.9. The third-order valence-electron chi connectivity index (χ3n) is 4.90. The molecule has 1 fully saturated rings. The highest BCUT2D eigenvalue weighted by atomic mass is 32.2. The van der Waals surface area contributed by atoms with Crippen molar-refractivity contribution >= 4 is 46.3 Å². The molecule has 4 nitrogen and oxygen atoms in total. The second-order valence-corrected chi connectivity index (χ2v) is 9.24. The van der Waals surface area contributed by atoms with Gasteiger partial charge in [0.1, 0.15) is 5.37 Å². The lowest BCUT2D eigenvalue weighted by Crippen LogP contribution is -2.27. The van der Waals surface area contributed by atoms with Crippen LogP contribution in [0.5, 0.6) is 0 Å². The highest BCUT2D eigenvalue weighted by Gasteiger charge is 2.34. The van der Waals surface area contributed by atoms with E-state index in [1.807, 2.05) is 52.7 Å². The summed E-state index contributed by atoms with van der Waals surface area (Å²) in [5.74, 6) is 0.936. The molecule has 1 saturated heterocycles. The fraction of sp³-hybridized carbons (Fsp3) is 0.217. The summed E-state index contributed by atoms with van der Waals surface area (Å²) in [4.78, 5) is 27.3. The Kier molecular flexibility index (Phi) is 5.74. The fourth-order valence-corrected chi connectivity index (χ4v) is 5.10. The van der Waals surface area contributed by atoms with Crippen LogP contribution in [0.2, 0.25) is 0 Å². The summed E-state index contributed by atoms with van der Waals surface area (Å²) in [6, 6.07) is 19.7. The molecule has 0 aliphatic carbocycles. The van der Waals surface area contributed by atoms with Crippen molar-refractivity contribution in [3.8, 4) is 0 Å². The maximum absolute atomic E-state index is 12.6. The van der Waals surface area contributed by atoms with Crippen LogP contribution in [0.15, 0.2) is 66.0 Å². The molecule has 1 atom stereocenters. The summed E-state index contributed by atoms with van der Waals surface area (Å²) < 4.78 is 0. The van der Waals surface area contributed by atoms with E-state index in [9.17, 15) is 9.59 Å². The summed E-state index contributed by atoms with van der Waals surface area (Å²) in [7, 11) is 0. The Morgan fingerprint density at radius 1 is 1.07 bits per heavy atom. The normalized spacial score (nSPS) is 16.4. The summed E-state index contributed by atoms with van der Waals surface area (Å²) >= 11 is 3.04. The predicted molar refractivity (Wildman–Crippen MR) is 122 cm³/mol.